The first-order valence-corrected chi connectivity index (χ1v) is 8.39. The number of hydrogen-bond acceptors (Lipinski definition) is 3. The highest BCUT2D eigenvalue weighted by atomic mass is 127. The number of aliphatic imine (C=N–C) groups is 1. The largest absolute Gasteiger partial charge is 0.366 e. The molecule has 26 heavy (non-hydrogen) atoms. The van der Waals surface area contributed by atoms with E-state index in [1.807, 2.05) is 30.1 Å². The first kappa shape index (κ1) is 20.2. The van der Waals surface area contributed by atoms with E-state index in [1.165, 1.54) is 5.56 Å². The molecule has 2 aromatic rings. The Morgan fingerprint density at radius 2 is 2.12 bits per heavy atom. The summed E-state index contributed by atoms with van der Waals surface area (Å²) in [4.78, 5) is 17.8. The van der Waals surface area contributed by atoms with Crippen LogP contribution in [0.4, 0.5) is 0 Å². The molecule has 0 radical (unpaired) electrons. The molecular weight excluding hydrogens is 443 g/mol. The summed E-state index contributed by atoms with van der Waals surface area (Å²) in [6.45, 7) is 2.56. The van der Waals surface area contributed by atoms with Crippen molar-refractivity contribution in [3.63, 3.8) is 0 Å². The fourth-order valence-electron chi connectivity index (χ4n) is 3.18. The van der Waals surface area contributed by atoms with Gasteiger partial charge >= 0.3 is 0 Å². The number of primary amides is 1. The molecule has 1 fully saturated rings. The van der Waals surface area contributed by atoms with Gasteiger partial charge in [0, 0.05) is 51.4 Å². The number of halogens is 1. The number of hydrogen-bond donors (Lipinski definition) is 2. The molecule has 3 N–H and O–H groups in total. The molecule has 140 valence electrons. The van der Waals surface area contributed by atoms with Crippen LogP contribution in [0.3, 0.4) is 0 Å². The second-order valence-electron chi connectivity index (χ2n) is 6.34. The number of aromatic nitrogens is 2. The molecule has 1 aromatic carbocycles. The summed E-state index contributed by atoms with van der Waals surface area (Å²) in [7, 11) is 3.75. The molecular formula is C18H25IN6O. The third-order valence-electron chi connectivity index (χ3n) is 4.58. The number of amides is 1. The Balaban J connectivity index is 0.00000243. The number of nitrogens with zero attached hydrogens (tertiary/aromatic N) is 4. The van der Waals surface area contributed by atoms with E-state index < -0.39 is 5.91 Å². The Hall–Kier alpha value is -2.10. The Labute approximate surface area is 170 Å². The van der Waals surface area contributed by atoms with E-state index >= 15 is 0 Å². The lowest BCUT2D eigenvalue weighted by atomic mass is 10.0. The van der Waals surface area contributed by atoms with Crippen LogP contribution in [0.25, 0.3) is 0 Å². The molecule has 1 unspecified atom stereocenters. The van der Waals surface area contributed by atoms with Crippen LogP contribution >= 0.6 is 24.0 Å². The Morgan fingerprint density at radius 1 is 1.38 bits per heavy atom. The molecule has 0 saturated carbocycles. The summed E-state index contributed by atoms with van der Waals surface area (Å²) in [5.74, 6) is 0.973. The van der Waals surface area contributed by atoms with Crippen LogP contribution in [-0.2, 0) is 13.6 Å². The first-order valence-electron chi connectivity index (χ1n) is 8.39. The van der Waals surface area contributed by atoms with Crippen molar-refractivity contribution in [3.05, 3.63) is 53.3 Å². The van der Waals surface area contributed by atoms with Crippen molar-refractivity contribution in [2.24, 2.45) is 17.8 Å². The van der Waals surface area contributed by atoms with Gasteiger partial charge in [-0.25, -0.2) is 0 Å². The van der Waals surface area contributed by atoms with Crippen LogP contribution in [0.15, 0.2) is 41.7 Å². The smallest absolute Gasteiger partial charge is 0.248 e. The van der Waals surface area contributed by atoms with E-state index in [4.69, 9.17) is 5.73 Å². The third-order valence-corrected chi connectivity index (χ3v) is 4.58. The van der Waals surface area contributed by atoms with Gasteiger partial charge in [0.2, 0.25) is 5.91 Å². The summed E-state index contributed by atoms with van der Waals surface area (Å²) in [6, 6.07) is 7.30. The van der Waals surface area contributed by atoms with E-state index in [2.05, 4.69) is 26.5 Å². The highest BCUT2D eigenvalue weighted by molar-refractivity contribution is 14.0. The van der Waals surface area contributed by atoms with Crippen molar-refractivity contribution >= 4 is 35.8 Å². The number of nitrogens with two attached hydrogens (primary N) is 1. The number of nitrogens with one attached hydrogen (secondary N) is 1. The quantitative estimate of drug-likeness (QED) is 0.406. The molecule has 1 aromatic heterocycles. The standard InChI is InChI=1S/C18H24N6O.HI/c1-20-18(21-9-13-3-5-14(6-4-13)17(19)25)24-8-7-15(12-24)16-10-22-23(2)11-16;/h3-6,10-11,15H,7-9,12H2,1-2H3,(H2,19,25)(H,20,21);1H. The average Bonchev–Trinajstić information content (AvgIpc) is 3.25. The average molecular weight is 468 g/mol. The number of carbonyl (C=O) groups excluding carboxylic acids is 1. The molecule has 7 nitrogen and oxygen atoms in total. The zero-order valence-electron chi connectivity index (χ0n) is 15.1. The van der Waals surface area contributed by atoms with Crippen molar-refractivity contribution in [1.29, 1.82) is 0 Å². The fraction of sp³-hybridized carbons (Fsp3) is 0.389. The first-order chi connectivity index (χ1) is 12.1. The van der Waals surface area contributed by atoms with E-state index in [1.54, 1.807) is 19.2 Å². The maximum absolute atomic E-state index is 11.1. The third kappa shape index (κ3) is 4.75. The monoisotopic (exact) mass is 468 g/mol. The molecule has 1 aliphatic heterocycles. The second kappa shape index (κ2) is 9.02. The van der Waals surface area contributed by atoms with Crippen LogP contribution in [-0.4, -0.2) is 46.7 Å². The van der Waals surface area contributed by atoms with Gasteiger partial charge in [-0.15, -0.1) is 24.0 Å². The van der Waals surface area contributed by atoms with Gasteiger partial charge in [0.25, 0.3) is 0 Å². The zero-order chi connectivity index (χ0) is 17.8. The predicted molar refractivity (Wildman–Crippen MR) is 113 cm³/mol. The summed E-state index contributed by atoms with van der Waals surface area (Å²) in [5, 5.41) is 7.66. The van der Waals surface area contributed by atoms with Crippen molar-refractivity contribution < 1.29 is 4.79 Å². The van der Waals surface area contributed by atoms with Crippen molar-refractivity contribution in [2.75, 3.05) is 20.1 Å². The lowest BCUT2D eigenvalue weighted by molar-refractivity contribution is 0.100. The molecule has 2 heterocycles. The van der Waals surface area contributed by atoms with Gasteiger partial charge in [-0.3, -0.25) is 14.5 Å². The number of likely N-dealkylation sites (tertiary alicyclic amines) is 1. The van der Waals surface area contributed by atoms with Crippen molar-refractivity contribution in [1.82, 2.24) is 20.0 Å². The van der Waals surface area contributed by atoms with E-state index in [0.717, 1.165) is 31.0 Å². The Bertz CT molecular complexity index is 770. The molecule has 3 rings (SSSR count). The minimum atomic E-state index is -0.408. The van der Waals surface area contributed by atoms with Crippen LogP contribution in [0.1, 0.15) is 33.8 Å². The summed E-state index contributed by atoms with van der Waals surface area (Å²) >= 11 is 0. The summed E-state index contributed by atoms with van der Waals surface area (Å²) < 4.78 is 1.85. The molecule has 8 heteroatoms. The lowest BCUT2D eigenvalue weighted by Crippen LogP contribution is -2.39. The van der Waals surface area contributed by atoms with Crippen molar-refractivity contribution in [2.45, 2.75) is 18.9 Å². The molecule has 0 aliphatic carbocycles. The van der Waals surface area contributed by atoms with Gasteiger partial charge < -0.3 is 16.0 Å². The van der Waals surface area contributed by atoms with E-state index in [0.29, 0.717) is 18.0 Å². The molecule has 1 atom stereocenters. The molecule has 1 aliphatic rings. The van der Waals surface area contributed by atoms with Crippen LogP contribution in [0, 0.1) is 0 Å². The van der Waals surface area contributed by atoms with Crippen LogP contribution < -0.4 is 11.1 Å². The number of aryl methyl sites for hydroxylation is 1. The Morgan fingerprint density at radius 3 is 2.69 bits per heavy atom. The van der Waals surface area contributed by atoms with Crippen LogP contribution in [0.2, 0.25) is 0 Å². The topological polar surface area (TPSA) is 88.5 Å². The minimum absolute atomic E-state index is 0. The maximum atomic E-state index is 11.1. The van der Waals surface area contributed by atoms with E-state index in [-0.39, 0.29) is 24.0 Å². The highest BCUT2D eigenvalue weighted by Crippen LogP contribution is 2.26. The highest BCUT2D eigenvalue weighted by Gasteiger charge is 2.26. The number of guanidine groups is 1. The molecule has 0 spiro atoms. The van der Waals surface area contributed by atoms with E-state index in [9.17, 15) is 4.79 Å². The fourth-order valence-corrected chi connectivity index (χ4v) is 3.18. The number of rotatable bonds is 4. The summed E-state index contributed by atoms with van der Waals surface area (Å²) in [5.41, 5.74) is 8.14. The Kier molecular flexibility index (Phi) is 7.01. The van der Waals surface area contributed by atoms with Gasteiger partial charge in [0.05, 0.1) is 6.20 Å². The zero-order valence-corrected chi connectivity index (χ0v) is 17.4. The van der Waals surface area contributed by atoms with Gasteiger partial charge in [-0.2, -0.15) is 5.10 Å². The van der Waals surface area contributed by atoms with Gasteiger partial charge in [-0.05, 0) is 29.7 Å². The molecule has 1 amide bonds. The minimum Gasteiger partial charge on any atom is -0.366 e. The predicted octanol–water partition coefficient (Wildman–Crippen LogP) is 1.70. The van der Waals surface area contributed by atoms with Crippen molar-refractivity contribution in [3.8, 4) is 0 Å². The van der Waals surface area contributed by atoms with Gasteiger partial charge in [-0.1, -0.05) is 12.1 Å². The van der Waals surface area contributed by atoms with Gasteiger partial charge in [0.15, 0.2) is 5.96 Å². The maximum Gasteiger partial charge on any atom is 0.248 e. The summed E-state index contributed by atoms with van der Waals surface area (Å²) in [6.07, 6.45) is 5.13. The number of carbonyl (C=O) groups is 1. The van der Waals surface area contributed by atoms with Crippen LogP contribution in [0.5, 0.6) is 0 Å². The SMILES string of the molecule is CN=C(NCc1ccc(C(N)=O)cc1)N1CCC(c2cnn(C)c2)C1.I. The molecule has 0 bridgehead atoms. The second-order valence-corrected chi connectivity index (χ2v) is 6.34. The normalized spacial score (nSPS) is 17.1. The number of benzene rings is 1. The molecule has 1 saturated heterocycles. The van der Waals surface area contributed by atoms with Gasteiger partial charge in [0.1, 0.15) is 0 Å². The lowest BCUT2D eigenvalue weighted by Gasteiger charge is -2.21.